The smallest absolute Gasteiger partial charge is 0.343 e. The third-order valence-electron chi connectivity index (χ3n) is 3.90. The molecule has 1 aromatic rings. The minimum absolute atomic E-state index is 0.157. The van der Waals surface area contributed by atoms with Crippen LogP contribution in [0.5, 0.6) is 0 Å². The topological polar surface area (TPSA) is 75.7 Å². The molecule has 0 aliphatic carbocycles. The SMILES string of the molecule is CCOC(=O)C12C(=O)Nc3ccccc3N1C(=O)C2C. The fourth-order valence-electron chi connectivity index (χ4n) is 2.87. The first-order valence-corrected chi connectivity index (χ1v) is 6.47. The van der Waals surface area contributed by atoms with Crippen LogP contribution in [-0.2, 0) is 19.1 Å². The van der Waals surface area contributed by atoms with E-state index in [1.165, 1.54) is 4.90 Å². The van der Waals surface area contributed by atoms with Crippen LogP contribution in [0.2, 0.25) is 0 Å². The predicted molar refractivity (Wildman–Crippen MR) is 71.1 cm³/mol. The Morgan fingerprint density at radius 1 is 1.40 bits per heavy atom. The van der Waals surface area contributed by atoms with Crippen LogP contribution in [0.4, 0.5) is 11.4 Å². The molecule has 1 saturated heterocycles. The summed E-state index contributed by atoms with van der Waals surface area (Å²) in [6.07, 6.45) is 0. The van der Waals surface area contributed by atoms with E-state index in [1.807, 2.05) is 0 Å². The van der Waals surface area contributed by atoms with Gasteiger partial charge in [-0.15, -0.1) is 0 Å². The summed E-state index contributed by atoms with van der Waals surface area (Å²) in [5.74, 6) is -2.17. The first-order valence-electron chi connectivity index (χ1n) is 6.47. The molecule has 2 aliphatic rings. The van der Waals surface area contributed by atoms with Crippen LogP contribution < -0.4 is 10.2 Å². The van der Waals surface area contributed by atoms with Crippen LogP contribution in [0.1, 0.15) is 13.8 Å². The Morgan fingerprint density at radius 2 is 2.10 bits per heavy atom. The molecule has 2 unspecified atom stereocenters. The van der Waals surface area contributed by atoms with E-state index in [1.54, 1.807) is 38.1 Å². The third-order valence-corrected chi connectivity index (χ3v) is 3.90. The molecule has 104 valence electrons. The molecule has 6 heteroatoms. The van der Waals surface area contributed by atoms with E-state index in [-0.39, 0.29) is 12.5 Å². The number of para-hydroxylation sites is 2. The van der Waals surface area contributed by atoms with Crippen molar-refractivity contribution < 1.29 is 19.1 Å². The molecule has 1 aromatic carbocycles. The van der Waals surface area contributed by atoms with Crippen LogP contribution >= 0.6 is 0 Å². The first kappa shape index (κ1) is 12.7. The highest BCUT2D eigenvalue weighted by molar-refractivity contribution is 6.32. The second kappa shape index (κ2) is 4.06. The number of nitrogens with zero attached hydrogens (tertiary/aromatic N) is 1. The molecule has 0 radical (unpaired) electrons. The molecule has 2 amide bonds. The van der Waals surface area contributed by atoms with Gasteiger partial charge in [0.15, 0.2) is 0 Å². The normalized spacial score (nSPS) is 27.1. The van der Waals surface area contributed by atoms with E-state index in [4.69, 9.17) is 4.74 Å². The Labute approximate surface area is 115 Å². The van der Waals surface area contributed by atoms with E-state index in [9.17, 15) is 14.4 Å². The monoisotopic (exact) mass is 274 g/mol. The summed E-state index contributed by atoms with van der Waals surface area (Å²) in [5.41, 5.74) is -0.512. The summed E-state index contributed by atoms with van der Waals surface area (Å²) in [5, 5.41) is 2.69. The van der Waals surface area contributed by atoms with Crippen LogP contribution in [-0.4, -0.2) is 29.9 Å². The van der Waals surface area contributed by atoms with Crippen molar-refractivity contribution in [2.45, 2.75) is 19.4 Å². The Balaban J connectivity index is 2.16. The van der Waals surface area contributed by atoms with E-state index in [0.717, 1.165) is 0 Å². The van der Waals surface area contributed by atoms with Gasteiger partial charge in [-0.05, 0) is 19.1 Å². The summed E-state index contributed by atoms with van der Waals surface area (Å²) in [7, 11) is 0. The summed E-state index contributed by atoms with van der Waals surface area (Å²) in [6.45, 7) is 3.40. The van der Waals surface area contributed by atoms with Crippen LogP contribution in [0.15, 0.2) is 24.3 Å². The number of anilines is 2. The van der Waals surface area contributed by atoms with Crippen molar-refractivity contribution in [2.75, 3.05) is 16.8 Å². The minimum atomic E-state index is -1.57. The molecule has 0 bridgehead atoms. The Hall–Kier alpha value is -2.37. The largest absolute Gasteiger partial charge is 0.464 e. The first-order chi connectivity index (χ1) is 9.55. The van der Waals surface area contributed by atoms with Crippen molar-refractivity contribution in [3.05, 3.63) is 24.3 Å². The highest BCUT2D eigenvalue weighted by Gasteiger charge is 2.71. The van der Waals surface area contributed by atoms with E-state index in [0.29, 0.717) is 11.4 Å². The van der Waals surface area contributed by atoms with Crippen molar-refractivity contribution >= 4 is 29.2 Å². The second-order valence-electron chi connectivity index (χ2n) is 4.85. The van der Waals surface area contributed by atoms with Gasteiger partial charge in [0.25, 0.3) is 5.91 Å². The molecule has 2 heterocycles. The van der Waals surface area contributed by atoms with Gasteiger partial charge in [0.1, 0.15) is 0 Å². The van der Waals surface area contributed by atoms with Crippen LogP contribution in [0, 0.1) is 5.92 Å². The number of carbonyl (C=O) groups is 3. The van der Waals surface area contributed by atoms with Gasteiger partial charge >= 0.3 is 5.97 Å². The van der Waals surface area contributed by atoms with Crippen LogP contribution in [0.3, 0.4) is 0 Å². The van der Waals surface area contributed by atoms with E-state index >= 15 is 0 Å². The lowest BCUT2D eigenvalue weighted by Crippen LogP contribution is -2.80. The second-order valence-corrected chi connectivity index (χ2v) is 4.85. The Morgan fingerprint density at radius 3 is 2.80 bits per heavy atom. The molecule has 0 aromatic heterocycles. The summed E-state index contributed by atoms with van der Waals surface area (Å²) >= 11 is 0. The zero-order valence-electron chi connectivity index (χ0n) is 11.2. The molecule has 1 fully saturated rings. The average molecular weight is 274 g/mol. The van der Waals surface area contributed by atoms with Gasteiger partial charge in [-0.2, -0.15) is 0 Å². The molecule has 3 rings (SSSR count). The fraction of sp³-hybridized carbons (Fsp3) is 0.357. The lowest BCUT2D eigenvalue weighted by Gasteiger charge is -2.55. The molecule has 20 heavy (non-hydrogen) atoms. The van der Waals surface area contributed by atoms with Crippen LogP contribution in [0.25, 0.3) is 0 Å². The molecule has 1 N–H and O–H groups in total. The molecular weight excluding hydrogens is 260 g/mol. The summed E-state index contributed by atoms with van der Waals surface area (Å²) in [4.78, 5) is 38.1. The van der Waals surface area contributed by atoms with Crippen molar-refractivity contribution in [3.63, 3.8) is 0 Å². The van der Waals surface area contributed by atoms with Gasteiger partial charge in [0.05, 0.1) is 23.9 Å². The molecule has 0 saturated carbocycles. The van der Waals surface area contributed by atoms with Crippen molar-refractivity contribution in [1.29, 1.82) is 0 Å². The number of rotatable bonds is 2. The molecule has 6 nitrogen and oxygen atoms in total. The quantitative estimate of drug-likeness (QED) is 0.494. The highest BCUT2D eigenvalue weighted by Crippen LogP contribution is 2.48. The zero-order chi connectivity index (χ0) is 14.5. The number of hydrogen-bond acceptors (Lipinski definition) is 4. The average Bonchev–Trinajstić information content (AvgIpc) is 2.44. The standard InChI is InChI=1S/C14H14N2O4/c1-3-20-13(19)14-8(2)11(17)16(14)10-7-5-4-6-9(10)15-12(14)18/h4-8H,3H2,1-2H3,(H,15,18). The lowest BCUT2D eigenvalue weighted by atomic mass is 9.71. The van der Waals surface area contributed by atoms with Gasteiger partial charge in [-0.1, -0.05) is 19.1 Å². The maximum Gasteiger partial charge on any atom is 0.343 e. The lowest BCUT2D eigenvalue weighted by molar-refractivity contribution is -0.165. The number of carbonyl (C=O) groups excluding carboxylic acids is 3. The van der Waals surface area contributed by atoms with Gasteiger partial charge in [0, 0.05) is 0 Å². The number of fused-ring (bicyclic) bond motifs is 3. The number of benzene rings is 1. The Bertz CT molecular complexity index is 627. The van der Waals surface area contributed by atoms with E-state index < -0.39 is 23.3 Å². The minimum Gasteiger partial charge on any atom is -0.464 e. The zero-order valence-corrected chi connectivity index (χ0v) is 11.2. The molecule has 2 atom stereocenters. The maximum absolute atomic E-state index is 12.4. The van der Waals surface area contributed by atoms with Gasteiger partial charge in [-0.25, -0.2) is 4.79 Å². The fourth-order valence-corrected chi connectivity index (χ4v) is 2.87. The summed E-state index contributed by atoms with van der Waals surface area (Å²) in [6, 6.07) is 6.90. The van der Waals surface area contributed by atoms with Gasteiger partial charge < -0.3 is 10.1 Å². The van der Waals surface area contributed by atoms with E-state index in [2.05, 4.69) is 5.32 Å². The van der Waals surface area contributed by atoms with Gasteiger partial charge in [-0.3, -0.25) is 14.5 Å². The molecular formula is C14H14N2O4. The number of esters is 1. The number of hydrogen-bond donors (Lipinski definition) is 1. The number of β-lactam (4-membered cyclic amide) rings is 1. The van der Waals surface area contributed by atoms with Gasteiger partial charge in [0.2, 0.25) is 11.4 Å². The number of nitrogens with one attached hydrogen (secondary N) is 1. The van der Waals surface area contributed by atoms with Crippen molar-refractivity contribution in [2.24, 2.45) is 5.92 Å². The van der Waals surface area contributed by atoms with Crippen molar-refractivity contribution in [3.8, 4) is 0 Å². The number of amides is 2. The van der Waals surface area contributed by atoms with Crippen molar-refractivity contribution in [1.82, 2.24) is 0 Å². The highest BCUT2D eigenvalue weighted by atomic mass is 16.5. The molecule has 0 spiro atoms. The summed E-state index contributed by atoms with van der Waals surface area (Å²) < 4.78 is 5.02. The maximum atomic E-state index is 12.4. The number of ether oxygens (including phenoxy) is 1. The predicted octanol–water partition coefficient (Wildman–Crippen LogP) is 0.923. The molecule has 2 aliphatic heterocycles. The third kappa shape index (κ3) is 1.25. The Kier molecular flexibility index (Phi) is 2.57.